The molecule has 7 heteroatoms. The predicted molar refractivity (Wildman–Crippen MR) is 82.0 cm³/mol. The summed E-state index contributed by atoms with van der Waals surface area (Å²) in [5.74, 6) is -0.420. The molecule has 23 heavy (non-hydrogen) atoms. The molecule has 2 heterocycles. The van der Waals surface area contributed by atoms with Crippen molar-refractivity contribution in [1.82, 2.24) is 15.3 Å². The maximum atomic E-state index is 12.2. The molecule has 1 amide bonds. The van der Waals surface area contributed by atoms with E-state index >= 15 is 0 Å². The molecule has 2 aromatic rings. The highest BCUT2D eigenvalue weighted by atomic mass is 16.5. The van der Waals surface area contributed by atoms with Crippen LogP contribution in [0.25, 0.3) is 0 Å². The monoisotopic (exact) mass is 315 g/mol. The third kappa shape index (κ3) is 4.50. The first-order valence-electron chi connectivity index (χ1n) is 6.91. The summed E-state index contributed by atoms with van der Waals surface area (Å²) < 4.78 is 9.74. The molecule has 7 nitrogen and oxygen atoms in total. The van der Waals surface area contributed by atoms with Gasteiger partial charge in [-0.05, 0) is 17.7 Å². The number of rotatable bonds is 6. The SMILES string of the molecule is COC(=O)[C@@H](Cc1ccc(OC)nc1)NC(=O)c1ccncc1. The first-order valence-corrected chi connectivity index (χ1v) is 6.91. The van der Waals surface area contributed by atoms with Crippen molar-refractivity contribution in [2.24, 2.45) is 0 Å². The van der Waals surface area contributed by atoms with Gasteiger partial charge in [-0.15, -0.1) is 0 Å². The normalized spacial score (nSPS) is 11.4. The molecule has 0 aromatic carbocycles. The number of carbonyl (C=O) groups is 2. The topological polar surface area (TPSA) is 90.4 Å². The highest BCUT2D eigenvalue weighted by Crippen LogP contribution is 2.10. The Morgan fingerprint density at radius 2 is 1.91 bits per heavy atom. The molecular weight excluding hydrogens is 298 g/mol. The van der Waals surface area contributed by atoms with Crippen LogP contribution in [0, 0.1) is 0 Å². The Kier molecular flexibility index (Phi) is 5.62. The van der Waals surface area contributed by atoms with Gasteiger partial charge in [0, 0.05) is 36.6 Å². The molecule has 0 bridgehead atoms. The second-order valence-electron chi connectivity index (χ2n) is 4.70. The number of amides is 1. The summed E-state index contributed by atoms with van der Waals surface area (Å²) in [6.07, 6.45) is 4.87. The first-order chi connectivity index (χ1) is 11.1. The van der Waals surface area contributed by atoms with Crippen LogP contribution >= 0.6 is 0 Å². The number of aromatic nitrogens is 2. The van der Waals surface area contributed by atoms with Gasteiger partial charge in [-0.2, -0.15) is 0 Å². The molecule has 0 saturated heterocycles. The highest BCUT2D eigenvalue weighted by molar-refractivity contribution is 5.96. The summed E-state index contributed by atoms with van der Waals surface area (Å²) >= 11 is 0. The van der Waals surface area contributed by atoms with E-state index in [0.717, 1.165) is 5.56 Å². The van der Waals surface area contributed by atoms with E-state index in [-0.39, 0.29) is 12.3 Å². The number of hydrogen-bond donors (Lipinski definition) is 1. The largest absolute Gasteiger partial charge is 0.481 e. The van der Waals surface area contributed by atoms with Crippen molar-refractivity contribution in [1.29, 1.82) is 0 Å². The zero-order chi connectivity index (χ0) is 16.7. The van der Waals surface area contributed by atoms with Crippen molar-refractivity contribution >= 4 is 11.9 Å². The molecule has 2 rings (SSSR count). The molecule has 0 unspecified atom stereocenters. The maximum Gasteiger partial charge on any atom is 0.328 e. The molecule has 0 spiro atoms. The summed E-state index contributed by atoms with van der Waals surface area (Å²) in [6, 6.07) is 5.79. The van der Waals surface area contributed by atoms with Crippen molar-refractivity contribution in [3.05, 3.63) is 54.0 Å². The second-order valence-corrected chi connectivity index (χ2v) is 4.70. The smallest absolute Gasteiger partial charge is 0.328 e. The van der Waals surface area contributed by atoms with Crippen molar-refractivity contribution < 1.29 is 19.1 Å². The lowest BCUT2D eigenvalue weighted by Gasteiger charge is -2.16. The fourth-order valence-electron chi connectivity index (χ4n) is 1.97. The molecule has 0 aliphatic carbocycles. The Balaban J connectivity index is 2.10. The summed E-state index contributed by atoms with van der Waals surface area (Å²) in [5, 5.41) is 2.66. The first kappa shape index (κ1) is 16.4. The average molecular weight is 315 g/mol. The fourth-order valence-corrected chi connectivity index (χ4v) is 1.97. The van der Waals surface area contributed by atoms with Gasteiger partial charge in [-0.1, -0.05) is 6.07 Å². The van der Waals surface area contributed by atoms with Crippen LogP contribution in [0.5, 0.6) is 5.88 Å². The van der Waals surface area contributed by atoms with Crippen LogP contribution in [-0.2, 0) is 16.0 Å². The minimum absolute atomic E-state index is 0.264. The Morgan fingerprint density at radius 1 is 1.17 bits per heavy atom. The van der Waals surface area contributed by atoms with Crippen LogP contribution < -0.4 is 10.1 Å². The van der Waals surface area contributed by atoms with E-state index in [4.69, 9.17) is 9.47 Å². The van der Waals surface area contributed by atoms with Crippen LogP contribution in [-0.4, -0.2) is 42.1 Å². The zero-order valence-electron chi connectivity index (χ0n) is 12.9. The van der Waals surface area contributed by atoms with Gasteiger partial charge in [0.25, 0.3) is 5.91 Å². The van der Waals surface area contributed by atoms with E-state index in [1.54, 1.807) is 30.5 Å². The molecule has 0 aliphatic heterocycles. The molecular formula is C16H17N3O4. The van der Waals surface area contributed by atoms with Gasteiger partial charge in [-0.25, -0.2) is 9.78 Å². The number of esters is 1. The molecule has 1 N–H and O–H groups in total. The number of carbonyl (C=O) groups excluding carboxylic acids is 2. The van der Waals surface area contributed by atoms with Gasteiger partial charge >= 0.3 is 5.97 Å². The third-order valence-electron chi connectivity index (χ3n) is 3.18. The zero-order valence-corrected chi connectivity index (χ0v) is 12.9. The molecule has 0 saturated carbocycles. The Labute approximate surface area is 133 Å². The summed E-state index contributed by atoms with van der Waals surface area (Å²) in [6.45, 7) is 0. The maximum absolute atomic E-state index is 12.2. The van der Waals surface area contributed by atoms with Crippen molar-refractivity contribution in [2.75, 3.05) is 14.2 Å². The van der Waals surface area contributed by atoms with Crippen molar-refractivity contribution in [3.63, 3.8) is 0 Å². The lowest BCUT2D eigenvalue weighted by molar-refractivity contribution is -0.142. The number of pyridine rings is 2. The number of ether oxygens (including phenoxy) is 2. The standard InChI is InChI=1S/C16H17N3O4/c1-22-14-4-3-11(10-18-14)9-13(16(21)23-2)19-15(20)12-5-7-17-8-6-12/h3-8,10,13H,9H2,1-2H3,(H,19,20)/t13-/m1/s1. The van der Waals surface area contributed by atoms with Gasteiger partial charge in [0.05, 0.1) is 14.2 Å². The predicted octanol–water partition coefficient (Wildman–Crippen LogP) is 0.999. The van der Waals surface area contributed by atoms with Crippen LogP contribution in [0.15, 0.2) is 42.9 Å². The molecule has 0 fully saturated rings. The lowest BCUT2D eigenvalue weighted by Crippen LogP contribution is -2.43. The molecule has 1 atom stereocenters. The number of nitrogens with one attached hydrogen (secondary N) is 1. The van der Waals surface area contributed by atoms with Crippen LogP contribution in [0.3, 0.4) is 0 Å². The summed E-state index contributed by atoms with van der Waals surface area (Å²) in [5.41, 5.74) is 1.19. The Hall–Kier alpha value is -2.96. The summed E-state index contributed by atoms with van der Waals surface area (Å²) in [4.78, 5) is 32.0. The van der Waals surface area contributed by atoms with Gasteiger partial charge in [0.15, 0.2) is 0 Å². The third-order valence-corrected chi connectivity index (χ3v) is 3.18. The number of methoxy groups -OCH3 is 2. The van der Waals surface area contributed by atoms with Crippen molar-refractivity contribution in [3.8, 4) is 5.88 Å². The Morgan fingerprint density at radius 3 is 2.48 bits per heavy atom. The summed E-state index contributed by atoms with van der Waals surface area (Å²) in [7, 11) is 2.80. The second kappa shape index (κ2) is 7.88. The molecule has 0 radical (unpaired) electrons. The molecule has 2 aromatic heterocycles. The van der Waals surface area contributed by atoms with E-state index in [1.807, 2.05) is 0 Å². The number of nitrogens with zero attached hydrogens (tertiary/aromatic N) is 2. The molecule has 120 valence electrons. The van der Waals surface area contributed by atoms with Crippen LogP contribution in [0.1, 0.15) is 15.9 Å². The van der Waals surface area contributed by atoms with Crippen LogP contribution in [0.4, 0.5) is 0 Å². The van der Waals surface area contributed by atoms with E-state index in [9.17, 15) is 9.59 Å². The van der Waals surface area contributed by atoms with Gasteiger partial charge in [0.1, 0.15) is 6.04 Å². The van der Waals surface area contributed by atoms with Crippen molar-refractivity contribution in [2.45, 2.75) is 12.5 Å². The lowest BCUT2D eigenvalue weighted by atomic mass is 10.1. The average Bonchev–Trinajstić information content (AvgIpc) is 2.61. The fraction of sp³-hybridized carbons (Fsp3) is 0.250. The van der Waals surface area contributed by atoms with E-state index in [1.165, 1.54) is 26.6 Å². The van der Waals surface area contributed by atoms with Gasteiger partial charge in [-0.3, -0.25) is 9.78 Å². The minimum Gasteiger partial charge on any atom is -0.481 e. The molecule has 0 aliphatic rings. The van der Waals surface area contributed by atoms with E-state index in [2.05, 4.69) is 15.3 Å². The van der Waals surface area contributed by atoms with E-state index < -0.39 is 12.0 Å². The minimum atomic E-state index is -0.809. The quantitative estimate of drug-likeness (QED) is 0.800. The van der Waals surface area contributed by atoms with Gasteiger partial charge in [0.2, 0.25) is 5.88 Å². The van der Waals surface area contributed by atoms with Gasteiger partial charge < -0.3 is 14.8 Å². The highest BCUT2D eigenvalue weighted by Gasteiger charge is 2.22. The Bertz CT molecular complexity index is 659. The number of hydrogen-bond acceptors (Lipinski definition) is 6. The van der Waals surface area contributed by atoms with Crippen LogP contribution in [0.2, 0.25) is 0 Å². The van der Waals surface area contributed by atoms with E-state index in [0.29, 0.717) is 11.4 Å².